The Kier molecular flexibility index (Phi) is 7.30. The van der Waals surface area contributed by atoms with Crippen molar-refractivity contribution < 1.29 is 4.79 Å². The first-order chi connectivity index (χ1) is 13.8. The lowest BCUT2D eigenvalue weighted by Gasteiger charge is -2.33. The highest BCUT2D eigenvalue weighted by atomic mass is 35.5. The quantitative estimate of drug-likeness (QED) is 0.453. The second-order valence-corrected chi connectivity index (χ2v) is 7.66. The Labute approximate surface area is 175 Å². The third-order valence-corrected chi connectivity index (χ3v) is 4.27. The summed E-state index contributed by atoms with van der Waals surface area (Å²) >= 11 is 6.43. The maximum absolute atomic E-state index is 12.8. The van der Waals surface area contributed by atoms with Crippen molar-refractivity contribution in [1.82, 2.24) is 9.40 Å². The Morgan fingerprint density at radius 2 is 1.83 bits per heavy atom. The van der Waals surface area contributed by atoms with E-state index >= 15 is 0 Å². The van der Waals surface area contributed by atoms with Crippen LogP contribution in [0.15, 0.2) is 59.9 Å². The first kappa shape index (κ1) is 21.9. The van der Waals surface area contributed by atoms with Gasteiger partial charge >= 0.3 is 0 Å². The van der Waals surface area contributed by atoms with Crippen molar-refractivity contribution in [2.24, 2.45) is 16.3 Å². The third kappa shape index (κ3) is 5.78. The van der Waals surface area contributed by atoms with Gasteiger partial charge in [0.1, 0.15) is 12.0 Å². The van der Waals surface area contributed by atoms with E-state index in [-0.39, 0.29) is 5.84 Å². The summed E-state index contributed by atoms with van der Waals surface area (Å²) in [6, 6.07) is 15.8. The zero-order valence-electron chi connectivity index (χ0n) is 16.4. The summed E-state index contributed by atoms with van der Waals surface area (Å²) in [6.45, 7) is 5.60. The number of aromatic nitrogens is 1. The van der Waals surface area contributed by atoms with Crippen LogP contribution in [0.2, 0.25) is 0 Å². The molecule has 1 amide bonds. The topological polar surface area (TPSA) is 105 Å². The molecule has 1 aromatic carbocycles. The molecule has 148 valence electrons. The number of pyridine rings is 1. The first-order valence-corrected chi connectivity index (χ1v) is 9.20. The molecule has 7 nitrogen and oxygen atoms in total. The van der Waals surface area contributed by atoms with E-state index in [0.29, 0.717) is 11.3 Å². The monoisotopic (exact) mass is 408 g/mol. The minimum absolute atomic E-state index is 0.0921. The van der Waals surface area contributed by atoms with E-state index in [0.717, 1.165) is 4.42 Å². The van der Waals surface area contributed by atoms with Crippen LogP contribution >= 0.6 is 11.8 Å². The molecular formula is C21H21ClN6O. The van der Waals surface area contributed by atoms with Crippen molar-refractivity contribution in [1.29, 1.82) is 10.5 Å². The van der Waals surface area contributed by atoms with Gasteiger partial charge in [-0.25, -0.2) is 9.41 Å². The fourth-order valence-corrected chi connectivity index (χ4v) is 2.88. The van der Waals surface area contributed by atoms with Crippen LogP contribution in [-0.2, 0) is 0 Å². The van der Waals surface area contributed by atoms with Gasteiger partial charge in [0.25, 0.3) is 5.91 Å². The van der Waals surface area contributed by atoms with Gasteiger partial charge in [-0.2, -0.15) is 10.5 Å². The molecular weight excluding hydrogens is 388 g/mol. The van der Waals surface area contributed by atoms with Gasteiger partial charge in [0.15, 0.2) is 5.92 Å². The molecule has 0 aliphatic rings. The van der Waals surface area contributed by atoms with E-state index in [1.54, 1.807) is 54.9 Å². The van der Waals surface area contributed by atoms with Gasteiger partial charge in [-0.1, -0.05) is 39.0 Å². The van der Waals surface area contributed by atoms with Crippen LogP contribution in [0.1, 0.15) is 31.1 Å². The predicted octanol–water partition coefficient (Wildman–Crippen LogP) is 4.22. The number of nitriles is 2. The second kappa shape index (κ2) is 9.68. The van der Waals surface area contributed by atoms with E-state index in [4.69, 9.17) is 11.8 Å². The molecule has 0 saturated heterocycles. The zero-order valence-corrected chi connectivity index (χ0v) is 17.1. The van der Waals surface area contributed by atoms with Crippen LogP contribution in [0.5, 0.6) is 0 Å². The predicted molar refractivity (Wildman–Crippen MR) is 112 cm³/mol. The van der Waals surface area contributed by atoms with Crippen molar-refractivity contribution >= 4 is 29.2 Å². The Bertz CT molecular complexity index is 927. The second-order valence-electron chi connectivity index (χ2n) is 7.29. The number of rotatable bonds is 5. The van der Waals surface area contributed by atoms with Gasteiger partial charge in [0.2, 0.25) is 0 Å². The highest BCUT2D eigenvalue weighted by Gasteiger charge is 2.34. The van der Waals surface area contributed by atoms with Crippen LogP contribution in [-0.4, -0.2) is 27.3 Å². The first-order valence-electron chi connectivity index (χ1n) is 8.86. The van der Waals surface area contributed by atoms with Crippen molar-refractivity contribution in [3.8, 4) is 12.1 Å². The standard InChI is InChI=1S/C21H21ClN6O/c1-21(2,3)20(28(22)19(29)15-8-5-4-6-9-15)27-18(16(12-23)13-24)26-17-10-7-11-25-14-17/h4-11,14,16,20H,1-3H3,(H,26,27). The van der Waals surface area contributed by atoms with Gasteiger partial charge in [0.05, 0.1) is 24.0 Å². The van der Waals surface area contributed by atoms with Gasteiger partial charge in [-0.05, 0) is 24.3 Å². The maximum atomic E-state index is 12.8. The summed E-state index contributed by atoms with van der Waals surface area (Å²) in [5.41, 5.74) is 0.388. The summed E-state index contributed by atoms with van der Waals surface area (Å²) in [7, 11) is 0. The third-order valence-electron chi connectivity index (χ3n) is 3.93. The van der Waals surface area contributed by atoms with Crippen LogP contribution < -0.4 is 5.32 Å². The molecule has 8 heteroatoms. The van der Waals surface area contributed by atoms with E-state index in [9.17, 15) is 15.3 Å². The van der Waals surface area contributed by atoms with E-state index < -0.39 is 23.4 Å². The van der Waals surface area contributed by atoms with Gasteiger partial charge in [-0.15, -0.1) is 0 Å². The molecule has 0 radical (unpaired) electrons. The summed E-state index contributed by atoms with van der Waals surface area (Å²) in [6.07, 6.45) is 2.30. The SMILES string of the molecule is CC(C)(C)C(N=C(Nc1cccnc1)C(C#N)C#N)N(Cl)C(=O)c1ccccc1. The fourth-order valence-electron chi connectivity index (χ4n) is 2.45. The number of hydrogen-bond donors (Lipinski definition) is 1. The molecule has 1 N–H and O–H groups in total. The minimum atomic E-state index is -1.17. The van der Waals surface area contributed by atoms with E-state index in [1.165, 1.54) is 0 Å². The molecule has 2 aromatic rings. The normalized spacial score (nSPS) is 12.6. The number of benzene rings is 1. The Morgan fingerprint density at radius 3 is 2.34 bits per heavy atom. The number of carbonyl (C=O) groups is 1. The number of hydrogen-bond acceptors (Lipinski definition) is 5. The molecule has 1 aromatic heterocycles. The summed E-state index contributed by atoms with van der Waals surface area (Å²) in [4.78, 5) is 21.4. The van der Waals surface area contributed by atoms with Crippen LogP contribution in [0.3, 0.4) is 0 Å². The summed E-state index contributed by atoms with van der Waals surface area (Å²) in [5.74, 6) is -1.51. The molecule has 1 atom stereocenters. The van der Waals surface area contributed by atoms with Crippen molar-refractivity contribution in [3.63, 3.8) is 0 Å². The average Bonchev–Trinajstić information content (AvgIpc) is 2.72. The smallest absolute Gasteiger partial charge is 0.270 e. The number of anilines is 1. The lowest BCUT2D eigenvalue weighted by molar-refractivity contribution is 0.0747. The summed E-state index contributed by atoms with van der Waals surface area (Å²) < 4.78 is 1.01. The molecule has 0 bridgehead atoms. The summed E-state index contributed by atoms with van der Waals surface area (Å²) in [5, 5.41) is 21.7. The molecule has 1 heterocycles. The number of amides is 1. The molecule has 0 aliphatic heterocycles. The largest absolute Gasteiger partial charge is 0.341 e. The number of nitrogens with zero attached hydrogens (tertiary/aromatic N) is 5. The molecule has 29 heavy (non-hydrogen) atoms. The van der Waals surface area contributed by atoms with Gasteiger partial charge in [0, 0.05) is 29.0 Å². The molecule has 0 fully saturated rings. The Morgan fingerprint density at radius 1 is 1.17 bits per heavy atom. The average molecular weight is 409 g/mol. The van der Waals surface area contributed by atoms with Crippen LogP contribution in [0.4, 0.5) is 5.69 Å². The molecule has 1 unspecified atom stereocenters. The Balaban J connectivity index is 2.47. The van der Waals surface area contributed by atoms with Crippen LogP contribution in [0.25, 0.3) is 0 Å². The molecule has 0 aliphatic carbocycles. The fraction of sp³-hybridized carbons (Fsp3) is 0.286. The number of aliphatic imine (C=N–C) groups is 1. The number of halogens is 1. The Hall–Kier alpha value is -3.42. The van der Waals surface area contributed by atoms with Crippen molar-refractivity contribution in [3.05, 3.63) is 60.4 Å². The molecule has 0 spiro atoms. The lowest BCUT2D eigenvalue weighted by atomic mass is 9.92. The number of nitrogens with one attached hydrogen (secondary N) is 1. The van der Waals surface area contributed by atoms with Crippen molar-refractivity contribution in [2.75, 3.05) is 5.32 Å². The van der Waals surface area contributed by atoms with Crippen molar-refractivity contribution in [2.45, 2.75) is 26.9 Å². The number of carbonyl (C=O) groups excluding carboxylic acids is 1. The van der Waals surface area contributed by atoms with Gasteiger partial charge in [-0.3, -0.25) is 9.78 Å². The lowest BCUT2D eigenvalue weighted by Crippen LogP contribution is -2.42. The molecule has 0 saturated carbocycles. The van der Waals surface area contributed by atoms with Crippen LogP contribution in [0, 0.1) is 34.0 Å². The van der Waals surface area contributed by atoms with E-state index in [1.807, 2.05) is 32.9 Å². The highest BCUT2D eigenvalue weighted by molar-refractivity contribution is 6.24. The minimum Gasteiger partial charge on any atom is -0.341 e. The zero-order chi connectivity index (χ0) is 21.4. The maximum Gasteiger partial charge on any atom is 0.270 e. The number of amidine groups is 1. The van der Waals surface area contributed by atoms with Gasteiger partial charge < -0.3 is 5.32 Å². The molecule has 2 rings (SSSR count). The highest BCUT2D eigenvalue weighted by Crippen LogP contribution is 2.29. The van der Waals surface area contributed by atoms with E-state index in [2.05, 4.69) is 15.3 Å².